The Labute approximate surface area is 250 Å². The number of rotatable bonds is 8. The molecule has 2 aliphatic rings. The molecule has 2 aromatic heterocycles. The van der Waals surface area contributed by atoms with Crippen molar-refractivity contribution in [2.45, 2.75) is 75.8 Å². The third-order valence-corrected chi connectivity index (χ3v) is 8.75. The Hall–Kier alpha value is -4.66. The molecule has 2 fully saturated rings. The molecule has 2 heterocycles. The van der Waals surface area contributed by atoms with Crippen LogP contribution in [0, 0.1) is 0 Å². The monoisotopic (exact) mass is 580 g/mol. The summed E-state index contributed by atoms with van der Waals surface area (Å²) in [4.78, 5) is 43.2. The lowest BCUT2D eigenvalue weighted by Crippen LogP contribution is -2.57. The minimum Gasteiger partial charge on any atom is -0.478 e. The van der Waals surface area contributed by atoms with E-state index in [1.54, 1.807) is 36.8 Å². The minimum absolute atomic E-state index is 0.251. The van der Waals surface area contributed by atoms with Crippen LogP contribution in [-0.4, -0.2) is 38.0 Å². The lowest BCUT2D eigenvalue weighted by molar-refractivity contribution is -0.131. The molecule has 0 unspecified atom stereocenters. The first kappa shape index (κ1) is 28.5. The maximum absolute atomic E-state index is 13.7. The molecular formula is C34H36N4O5. The number of carbonyl (C=O) groups excluding carboxylic acids is 2. The molecule has 0 atom stereocenters. The molecule has 2 aliphatic carbocycles. The van der Waals surface area contributed by atoms with Crippen molar-refractivity contribution in [3.8, 4) is 11.4 Å². The van der Waals surface area contributed by atoms with E-state index in [9.17, 15) is 14.4 Å². The summed E-state index contributed by atoms with van der Waals surface area (Å²) in [6.45, 7) is 0. The molecule has 0 spiro atoms. The molecular weight excluding hydrogens is 544 g/mol. The topological polar surface area (TPSA) is 126 Å². The van der Waals surface area contributed by atoms with Crippen LogP contribution < -0.4 is 10.6 Å². The SMILES string of the molecule is O=C(O)/C=C/c1ccc(NC(=O)C2(NC(=O)c3ccc4c(c3)nc(-c3ccoc3)n4C3CCCCC3)CCCCC2)cc1. The molecule has 2 amide bonds. The van der Waals surface area contributed by atoms with E-state index in [0.29, 0.717) is 35.7 Å². The highest BCUT2D eigenvalue weighted by molar-refractivity contribution is 6.05. The molecule has 0 saturated heterocycles. The Morgan fingerprint density at radius 3 is 2.40 bits per heavy atom. The van der Waals surface area contributed by atoms with Gasteiger partial charge in [0.15, 0.2) is 0 Å². The number of nitrogens with zero attached hydrogens (tertiary/aromatic N) is 2. The molecule has 9 nitrogen and oxygen atoms in total. The predicted molar refractivity (Wildman–Crippen MR) is 165 cm³/mol. The van der Waals surface area contributed by atoms with Crippen molar-refractivity contribution in [3.63, 3.8) is 0 Å². The Morgan fingerprint density at radius 1 is 0.953 bits per heavy atom. The molecule has 2 saturated carbocycles. The van der Waals surface area contributed by atoms with Crippen molar-refractivity contribution in [1.29, 1.82) is 0 Å². The second-order valence-corrected chi connectivity index (χ2v) is 11.7. The molecule has 9 heteroatoms. The van der Waals surface area contributed by atoms with Gasteiger partial charge in [0.1, 0.15) is 17.6 Å². The molecule has 2 aromatic carbocycles. The number of carboxylic acids is 1. The number of hydrogen-bond acceptors (Lipinski definition) is 5. The maximum Gasteiger partial charge on any atom is 0.328 e. The number of fused-ring (bicyclic) bond motifs is 1. The van der Waals surface area contributed by atoms with Crippen LogP contribution in [0.15, 0.2) is 71.6 Å². The lowest BCUT2D eigenvalue weighted by Gasteiger charge is -2.36. The van der Waals surface area contributed by atoms with Crippen molar-refractivity contribution in [3.05, 3.63) is 78.3 Å². The summed E-state index contributed by atoms with van der Waals surface area (Å²) >= 11 is 0. The van der Waals surface area contributed by atoms with Gasteiger partial charge in [0, 0.05) is 23.4 Å². The fraction of sp³-hybridized carbons (Fsp3) is 0.353. The molecule has 3 N–H and O–H groups in total. The van der Waals surface area contributed by atoms with Gasteiger partial charge in [-0.2, -0.15) is 0 Å². The number of carboxylic acid groups (broad SMARTS) is 1. The molecule has 6 rings (SSSR count). The van der Waals surface area contributed by atoms with E-state index in [2.05, 4.69) is 15.2 Å². The van der Waals surface area contributed by atoms with Gasteiger partial charge in [0.25, 0.3) is 5.91 Å². The Kier molecular flexibility index (Phi) is 8.13. The first-order valence-electron chi connectivity index (χ1n) is 15.1. The Morgan fingerprint density at radius 2 is 1.70 bits per heavy atom. The minimum atomic E-state index is -1.03. The summed E-state index contributed by atoms with van der Waals surface area (Å²) in [6, 6.07) is 14.8. The van der Waals surface area contributed by atoms with Gasteiger partial charge in [-0.05, 0) is 73.7 Å². The predicted octanol–water partition coefficient (Wildman–Crippen LogP) is 6.97. The van der Waals surface area contributed by atoms with Crippen molar-refractivity contribution < 1.29 is 23.9 Å². The van der Waals surface area contributed by atoms with Gasteiger partial charge in [0.2, 0.25) is 5.91 Å². The number of carbonyl (C=O) groups is 3. The Bertz CT molecular complexity index is 1640. The first-order chi connectivity index (χ1) is 20.9. The number of anilines is 1. The third kappa shape index (κ3) is 6.11. The van der Waals surface area contributed by atoms with E-state index in [1.165, 1.54) is 25.3 Å². The van der Waals surface area contributed by atoms with Crippen LogP contribution in [0.4, 0.5) is 5.69 Å². The average molecular weight is 581 g/mol. The zero-order chi connectivity index (χ0) is 29.8. The lowest BCUT2D eigenvalue weighted by atomic mass is 9.80. The van der Waals surface area contributed by atoms with Crippen molar-refractivity contribution in [1.82, 2.24) is 14.9 Å². The highest BCUT2D eigenvalue weighted by Crippen LogP contribution is 2.36. The first-order valence-corrected chi connectivity index (χ1v) is 15.1. The van der Waals surface area contributed by atoms with Gasteiger partial charge in [-0.25, -0.2) is 9.78 Å². The highest BCUT2D eigenvalue weighted by Gasteiger charge is 2.41. The van der Waals surface area contributed by atoms with Crippen LogP contribution in [0.1, 0.15) is 86.2 Å². The van der Waals surface area contributed by atoms with Gasteiger partial charge in [-0.1, -0.05) is 50.7 Å². The number of aromatic nitrogens is 2. The largest absolute Gasteiger partial charge is 0.478 e. The number of furan rings is 1. The van der Waals surface area contributed by atoms with E-state index in [0.717, 1.165) is 60.6 Å². The smallest absolute Gasteiger partial charge is 0.328 e. The molecule has 0 bridgehead atoms. The maximum atomic E-state index is 13.7. The number of nitrogens with one attached hydrogen (secondary N) is 2. The number of hydrogen-bond donors (Lipinski definition) is 3. The van der Waals surface area contributed by atoms with E-state index in [-0.39, 0.29) is 11.8 Å². The third-order valence-electron chi connectivity index (χ3n) is 8.75. The van der Waals surface area contributed by atoms with Gasteiger partial charge in [0.05, 0.1) is 22.9 Å². The van der Waals surface area contributed by atoms with Crippen LogP contribution in [0.3, 0.4) is 0 Å². The van der Waals surface area contributed by atoms with E-state index in [4.69, 9.17) is 14.5 Å². The summed E-state index contributed by atoms with van der Waals surface area (Å²) in [5.74, 6) is -0.729. The highest BCUT2D eigenvalue weighted by atomic mass is 16.4. The molecule has 0 aliphatic heterocycles. The second kappa shape index (κ2) is 12.3. The van der Waals surface area contributed by atoms with E-state index < -0.39 is 11.5 Å². The van der Waals surface area contributed by atoms with Crippen LogP contribution in [0.5, 0.6) is 0 Å². The van der Waals surface area contributed by atoms with Crippen molar-refractivity contribution in [2.75, 3.05) is 5.32 Å². The van der Waals surface area contributed by atoms with E-state index in [1.807, 2.05) is 24.3 Å². The summed E-state index contributed by atoms with van der Waals surface area (Å²) in [7, 11) is 0. The molecule has 43 heavy (non-hydrogen) atoms. The summed E-state index contributed by atoms with van der Waals surface area (Å²) in [5, 5.41) is 14.9. The zero-order valence-electron chi connectivity index (χ0n) is 24.1. The van der Waals surface area contributed by atoms with Gasteiger partial charge in [-0.15, -0.1) is 0 Å². The van der Waals surface area contributed by atoms with Gasteiger partial charge < -0.3 is 24.7 Å². The van der Waals surface area contributed by atoms with Crippen molar-refractivity contribution in [2.24, 2.45) is 0 Å². The number of benzene rings is 2. The Balaban J connectivity index is 1.25. The quantitative estimate of drug-likeness (QED) is 0.193. The fourth-order valence-electron chi connectivity index (χ4n) is 6.49. The van der Waals surface area contributed by atoms with Crippen LogP contribution in [0.2, 0.25) is 0 Å². The normalized spacial score (nSPS) is 17.2. The summed E-state index contributed by atoms with van der Waals surface area (Å²) in [5.41, 5.74) is 3.37. The van der Waals surface area contributed by atoms with Crippen LogP contribution in [0.25, 0.3) is 28.5 Å². The number of aliphatic carboxylic acids is 1. The number of amides is 2. The fourth-order valence-corrected chi connectivity index (χ4v) is 6.49. The van der Waals surface area contributed by atoms with Gasteiger partial charge in [-0.3, -0.25) is 9.59 Å². The standard InChI is InChI=1S/C34H36N4O5/c39-30(40)16-11-23-9-13-26(14-10-23)35-33(42)34(18-5-2-6-19-34)37-32(41)24-12-15-29-28(21-24)36-31(25-17-20-43-22-25)38(29)27-7-3-1-4-8-27/h9-17,20-22,27H,1-8,18-19H2,(H,35,42)(H,37,41)(H,39,40)/b16-11+. The second-order valence-electron chi connectivity index (χ2n) is 11.7. The van der Waals surface area contributed by atoms with Crippen LogP contribution in [-0.2, 0) is 9.59 Å². The summed E-state index contributed by atoms with van der Waals surface area (Å²) < 4.78 is 7.68. The van der Waals surface area contributed by atoms with Crippen molar-refractivity contribution >= 4 is 40.6 Å². The number of imidazole rings is 1. The van der Waals surface area contributed by atoms with E-state index >= 15 is 0 Å². The average Bonchev–Trinajstić information content (AvgIpc) is 3.69. The summed E-state index contributed by atoms with van der Waals surface area (Å²) in [6.07, 6.45) is 15.5. The molecule has 222 valence electrons. The molecule has 0 radical (unpaired) electrons. The van der Waals surface area contributed by atoms with Crippen LogP contribution >= 0.6 is 0 Å². The zero-order valence-corrected chi connectivity index (χ0v) is 24.1. The molecule has 4 aromatic rings. The van der Waals surface area contributed by atoms with Gasteiger partial charge >= 0.3 is 5.97 Å².